The van der Waals surface area contributed by atoms with E-state index < -0.39 is 0 Å². The maximum atomic E-state index is 2.30. The third-order valence-electron chi connectivity index (χ3n) is 4.25. The topological polar surface area (TPSA) is 0 Å². The highest BCUT2D eigenvalue weighted by molar-refractivity contribution is 7.13. The quantitative estimate of drug-likeness (QED) is 0.596. The monoisotopic (exact) mass is 276 g/mol. The molecule has 0 N–H and O–H groups in total. The van der Waals surface area contributed by atoms with Gasteiger partial charge in [0.25, 0.3) is 0 Å². The van der Waals surface area contributed by atoms with E-state index in [9.17, 15) is 0 Å². The first-order chi connectivity index (χ1) is 9.92. The lowest BCUT2D eigenvalue weighted by molar-refractivity contribution is 0.742. The number of hydrogen-bond donors (Lipinski definition) is 0. The van der Waals surface area contributed by atoms with Gasteiger partial charge < -0.3 is 0 Å². The molecule has 0 bridgehead atoms. The van der Waals surface area contributed by atoms with Crippen molar-refractivity contribution in [2.24, 2.45) is 0 Å². The second kappa shape index (κ2) is 4.92. The Labute approximate surface area is 123 Å². The summed E-state index contributed by atoms with van der Waals surface area (Å²) >= 11 is 1.84. The molecule has 0 spiro atoms. The molecule has 0 nitrogen and oxygen atoms in total. The van der Waals surface area contributed by atoms with Crippen molar-refractivity contribution in [1.29, 1.82) is 0 Å². The second-order valence-corrected chi connectivity index (χ2v) is 6.38. The normalized spacial score (nSPS) is 17.1. The van der Waals surface area contributed by atoms with Gasteiger partial charge in [0, 0.05) is 4.88 Å². The van der Waals surface area contributed by atoms with Crippen LogP contribution in [-0.4, -0.2) is 0 Å². The number of thiophene rings is 1. The zero-order chi connectivity index (χ0) is 13.4. The Morgan fingerprint density at radius 1 is 0.800 bits per heavy atom. The lowest BCUT2D eigenvalue weighted by atomic mass is 9.96. The smallest absolute Gasteiger partial charge is 0.0345 e. The maximum Gasteiger partial charge on any atom is 0.0345 e. The largest absolute Gasteiger partial charge is 0.144 e. The van der Waals surface area contributed by atoms with Crippen molar-refractivity contribution in [3.05, 3.63) is 82.7 Å². The van der Waals surface area contributed by atoms with Gasteiger partial charge in [-0.15, -0.1) is 11.3 Å². The van der Waals surface area contributed by atoms with Crippen LogP contribution in [0.4, 0.5) is 0 Å². The highest BCUT2D eigenvalue weighted by atomic mass is 32.1. The molecule has 0 aliphatic heterocycles. The Morgan fingerprint density at radius 3 is 2.50 bits per heavy atom. The summed E-state index contributed by atoms with van der Waals surface area (Å²) in [5, 5.41) is 2.17. The van der Waals surface area contributed by atoms with Crippen LogP contribution < -0.4 is 0 Å². The maximum absolute atomic E-state index is 2.30. The summed E-state index contributed by atoms with van der Waals surface area (Å²) in [6, 6.07) is 22.1. The molecule has 0 fully saturated rings. The van der Waals surface area contributed by atoms with Crippen LogP contribution in [0.5, 0.6) is 0 Å². The molecule has 1 aliphatic rings. The van der Waals surface area contributed by atoms with E-state index in [4.69, 9.17) is 0 Å². The Bertz CT molecular complexity index is 711. The minimum Gasteiger partial charge on any atom is -0.144 e. The average molecular weight is 276 g/mol. The molecule has 2 aromatic carbocycles. The third-order valence-corrected chi connectivity index (χ3v) is 5.15. The van der Waals surface area contributed by atoms with Gasteiger partial charge in [0.15, 0.2) is 0 Å². The molecule has 0 saturated carbocycles. The fraction of sp³-hybridized carbons (Fsp3) is 0.158. The van der Waals surface area contributed by atoms with E-state index in [1.807, 2.05) is 11.3 Å². The predicted molar refractivity (Wildman–Crippen MR) is 86.3 cm³/mol. The zero-order valence-electron chi connectivity index (χ0n) is 11.3. The Hall–Kier alpha value is -1.86. The molecule has 1 aromatic heterocycles. The van der Waals surface area contributed by atoms with Crippen molar-refractivity contribution in [1.82, 2.24) is 0 Å². The second-order valence-electron chi connectivity index (χ2n) is 5.44. The van der Waals surface area contributed by atoms with Gasteiger partial charge in [-0.25, -0.2) is 0 Å². The summed E-state index contributed by atoms with van der Waals surface area (Å²) < 4.78 is 0. The van der Waals surface area contributed by atoms with Crippen LogP contribution in [0.2, 0.25) is 0 Å². The molecule has 0 saturated heterocycles. The molecule has 3 aromatic rings. The molecular formula is C19H16S. The van der Waals surface area contributed by atoms with Gasteiger partial charge in [0.1, 0.15) is 0 Å². The minimum atomic E-state index is 0.646. The van der Waals surface area contributed by atoms with Crippen molar-refractivity contribution < 1.29 is 0 Å². The van der Waals surface area contributed by atoms with E-state index in [-0.39, 0.29) is 0 Å². The van der Waals surface area contributed by atoms with E-state index >= 15 is 0 Å². The van der Waals surface area contributed by atoms with Gasteiger partial charge in [-0.2, -0.15) is 0 Å². The van der Waals surface area contributed by atoms with Crippen LogP contribution in [0.3, 0.4) is 0 Å². The number of benzene rings is 2. The fourth-order valence-corrected chi connectivity index (χ4v) is 4.05. The Morgan fingerprint density at radius 2 is 1.70 bits per heavy atom. The summed E-state index contributed by atoms with van der Waals surface area (Å²) in [5.74, 6) is 0.646. The van der Waals surface area contributed by atoms with Crippen LogP contribution >= 0.6 is 11.3 Å². The van der Waals surface area contributed by atoms with Crippen LogP contribution in [0.25, 0.3) is 10.4 Å². The van der Waals surface area contributed by atoms with Crippen LogP contribution in [0.1, 0.15) is 22.6 Å². The molecule has 0 radical (unpaired) electrons. The first kappa shape index (κ1) is 11.9. The lowest BCUT2D eigenvalue weighted by Crippen LogP contribution is -1.97. The fourth-order valence-electron chi connectivity index (χ4n) is 3.27. The van der Waals surface area contributed by atoms with E-state index in [0.29, 0.717) is 5.92 Å². The molecule has 1 aliphatic carbocycles. The lowest BCUT2D eigenvalue weighted by Gasteiger charge is -2.09. The van der Waals surface area contributed by atoms with E-state index in [2.05, 4.69) is 66.0 Å². The first-order valence-electron chi connectivity index (χ1n) is 7.11. The molecule has 0 amide bonds. The van der Waals surface area contributed by atoms with Crippen LogP contribution in [0, 0.1) is 0 Å². The van der Waals surface area contributed by atoms with Gasteiger partial charge in [-0.05, 0) is 52.5 Å². The number of hydrogen-bond acceptors (Lipinski definition) is 1. The van der Waals surface area contributed by atoms with Gasteiger partial charge in [-0.3, -0.25) is 0 Å². The average Bonchev–Trinajstić information content (AvgIpc) is 3.17. The Balaban J connectivity index is 1.74. The third kappa shape index (κ3) is 1.99. The summed E-state index contributed by atoms with van der Waals surface area (Å²) in [5.41, 5.74) is 6.00. The van der Waals surface area contributed by atoms with Crippen molar-refractivity contribution in [2.45, 2.75) is 18.8 Å². The summed E-state index contributed by atoms with van der Waals surface area (Å²) in [4.78, 5) is 1.40. The van der Waals surface area contributed by atoms with Crippen LogP contribution in [-0.2, 0) is 12.8 Å². The zero-order valence-corrected chi connectivity index (χ0v) is 12.1. The van der Waals surface area contributed by atoms with Crippen molar-refractivity contribution in [2.75, 3.05) is 0 Å². The van der Waals surface area contributed by atoms with Gasteiger partial charge >= 0.3 is 0 Å². The molecule has 4 rings (SSSR count). The van der Waals surface area contributed by atoms with Crippen molar-refractivity contribution >= 4 is 11.3 Å². The summed E-state index contributed by atoms with van der Waals surface area (Å²) in [7, 11) is 0. The van der Waals surface area contributed by atoms with E-state index in [1.54, 1.807) is 5.56 Å². The molecular weight excluding hydrogens is 260 g/mol. The molecule has 98 valence electrons. The predicted octanol–water partition coefficient (Wildman–Crippen LogP) is 5.30. The molecule has 20 heavy (non-hydrogen) atoms. The van der Waals surface area contributed by atoms with Gasteiger partial charge in [0.05, 0.1) is 0 Å². The molecule has 1 unspecified atom stereocenters. The number of fused-ring (bicyclic) bond motifs is 1. The standard InChI is InChI=1S/C19H16S/c1-2-6-14(7-3-1)16-12-15-8-4-9-17(18(15)13-16)19-10-5-11-20-19/h1-11,16H,12-13H2. The Kier molecular flexibility index (Phi) is 2.93. The molecule has 1 heterocycles. The highest BCUT2D eigenvalue weighted by Crippen LogP contribution is 2.40. The van der Waals surface area contributed by atoms with E-state index in [1.165, 1.54) is 34.4 Å². The minimum absolute atomic E-state index is 0.646. The van der Waals surface area contributed by atoms with Gasteiger partial charge in [0.2, 0.25) is 0 Å². The number of rotatable bonds is 2. The SMILES string of the molecule is c1ccc(C2Cc3cccc(-c4cccs4)c3C2)cc1. The van der Waals surface area contributed by atoms with Crippen molar-refractivity contribution in [3.8, 4) is 10.4 Å². The van der Waals surface area contributed by atoms with E-state index in [0.717, 1.165) is 0 Å². The molecule has 1 heteroatoms. The summed E-state index contributed by atoms with van der Waals surface area (Å²) in [6.07, 6.45) is 2.35. The summed E-state index contributed by atoms with van der Waals surface area (Å²) in [6.45, 7) is 0. The molecule has 1 atom stereocenters. The van der Waals surface area contributed by atoms with Gasteiger partial charge in [-0.1, -0.05) is 54.6 Å². The van der Waals surface area contributed by atoms with Crippen molar-refractivity contribution in [3.63, 3.8) is 0 Å². The van der Waals surface area contributed by atoms with Crippen LogP contribution in [0.15, 0.2) is 66.0 Å². The highest BCUT2D eigenvalue weighted by Gasteiger charge is 2.25. The first-order valence-corrected chi connectivity index (χ1v) is 7.99.